The maximum Gasteiger partial charge on any atom is 0.178 e. The Hall–Kier alpha value is -1.39. The highest BCUT2D eigenvalue weighted by Crippen LogP contribution is 2.16. The number of H-pyrrole nitrogens is 1. The predicted molar refractivity (Wildman–Crippen MR) is 84.5 cm³/mol. The number of hydrogen-bond donors (Lipinski definition) is 1. The van der Waals surface area contributed by atoms with Crippen LogP contribution in [0.4, 0.5) is 0 Å². The van der Waals surface area contributed by atoms with Crippen LogP contribution >= 0.6 is 11.3 Å². The molecule has 108 valence electrons. The third-order valence-electron chi connectivity index (χ3n) is 3.47. The van der Waals surface area contributed by atoms with Crippen LogP contribution in [0.2, 0.25) is 0 Å². The van der Waals surface area contributed by atoms with E-state index in [1.54, 1.807) is 11.3 Å². The van der Waals surface area contributed by atoms with Gasteiger partial charge in [0.15, 0.2) is 5.78 Å². The van der Waals surface area contributed by atoms with Crippen molar-refractivity contribution in [2.45, 2.75) is 40.3 Å². The van der Waals surface area contributed by atoms with Crippen molar-refractivity contribution in [2.24, 2.45) is 0 Å². The number of hydrogen-bond acceptors (Lipinski definition) is 3. The zero-order valence-electron chi connectivity index (χ0n) is 12.6. The van der Waals surface area contributed by atoms with Crippen LogP contribution in [0.3, 0.4) is 0 Å². The fraction of sp³-hybridized carbons (Fsp3) is 0.438. The van der Waals surface area contributed by atoms with Crippen molar-refractivity contribution >= 4 is 17.1 Å². The lowest BCUT2D eigenvalue weighted by atomic mass is 10.1. The van der Waals surface area contributed by atoms with Crippen LogP contribution in [0, 0.1) is 13.8 Å². The number of aromatic nitrogens is 1. The Balaban J connectivity index is 2.08. The molecule has 2 heterocycles. The van der Waals surface area contributed by atoms with Gasteiger partial charge in [0.1, 0.15) is 0 Å². The van der Waals surface area contributed by atoms with E-state index in [9.17, 15) is 4.79 Å². The summed E-state index contributed by atoms with van der Waals surface area (Å²) in [5.41, 5.74) is 2.83. The molecular formula is C16H22N2OS. The number of nitrogens with zero attached hydrogens (tertiary/aromatic N) is 1. The van der Waals surface area contributed by atoms with Gasteiger partial charge < -0.3 is 4.98 Å². The van der Waals surface area contributed by atoms with Crippen LogP contribution in [0.1, 0.15) is 40.5 Å². The minimum Gasteiger partial charge on any atom is -0.362 e. The summed E-state index contributed by atoms with van der Waals surface area (Å²) in [6, 6.07) is 6.47. The van der Waals surface area contributed by atoms with E-state index in [4.69, 9.17) is 0 Å². The fourth-order valence-corrected chi connectivity index (χ4v) is 3.04. The van der Waals surface area contributed by atoms with E-state index in [1.165, 1.54) is 4.88 Å². The number of carbonyl (C=O) groups is 1. The lowest BCUT2D eigenvalue weighted by Crippen LogP contribution is -2.35. The van der Waals surface area contributed by atoms with Gasteiger partial charge in [-0.15, -0.1) is 11.3 Å². The second-order valence-electron chi connectivity index (χ2n) is 5.49. The van der Waals surface area contributed by atoms with Gasteiger partial charge in [0.25, 0.3) is 0 Å². The Kier molecular flexibility index (Phi) is 4.78. The smallest absolute Gasteiger partial charge is 0.178 e. The summed E-state index contributed by atoms with van der Waals surface area (Å²) < 4.78 is 0. The largest absolute Gasteiger partial charge is 0.362 e. The second-order valence-corrected chi connectivity index (χ2v) is 6.52. The molecule has 0 amide bonds. The number of aryl methyl sites for hydroxylation is 2. The summed E-state index contributed by atoms with van der Waals surface area (Å²) in [5.74, 6) is 0.192. The van der Waals surface area contributed by atoms with E-state index >= 15 is 0 Å². The van der Waals surface area contributed by atoms with Gasteiger partial charge in [-0.1, -0.05) is 6.07 Å². The number of ketones is 1. The van der Waals surface area contributed by atoms with Crippen molar-refractivity contribution in [3.8, 4) is 0 Å². The van der Waals surface area contributed by atoms with Gasteiger partial charge >= 0.3 is 0 Å². The molecule has 0 unspecified atom stereocenters. The molecule has 0 bridgehead atoms. The summed E-state index contributed by atoms with van der Waals surface area (Å²) in [6.45, 7) is 9.51. The average molecular weight is 290 g/mol. The Bertz CT molecular complexity index is 569. The Morgan fingerprint density at radius 3 is 2.65 bits per heavy atom. The summed E-state index contributed by atoms with van der Waals surface area (Å²) in [7, 11) is 0. The van der Waals surface area contributed by atoms with Crippen LogP contribution < -0.4 is 0 Å². The zero-order chi connectivity index (χ0) is 14.7. The van der Waals surface area contributed by atoms with Gasteiger partial charge in [0, 0.05) is 34.4 Å². The van der Waals surface area contributed by atoms with Crippen LogP contribution in [0.25, 0.3) is 0 Å². The number of aromatic amines is 1. The van der Waals surface area contributed by atoms with Crippen LogP contribution in [-0.4, -0.2) is 28.3 Å². The van der Waals surface area contributed by atoms with Crippen molar-refractivity contribution in [3.63, 3.8) is 0 Å². The van der Waals surface area contributed by atoms with Gasteiger partial charge in [-0.3, -0.25) is 9.69 Å². The summed E-state index contributed by atoms with van der Waals surface area (Å²) >= 11 is 1.74. The zero-order valence-corrected chi connectivity index (χ0v) is 13.4. The lowest BCUT2D eigenvalue weighted by molar-refractivity contribution is 0.0899. The molecular weight excluding hydrogens is 268 g/mol. The van der Waals surface area contributed by atoms with E-state index in [1.807, 2.05) is 19.9 Å². The molecule has 0 aliphatic rings. The van der Waals surface area contributed by atoms with E-state index < -0.39 is 0 Å². The first-order valence-corrected chi connectivity index (χ1v) is 7.81. The molecule has 1 N–H and O–H groups in total. The standard InChI is InChI=1S/C16H22N2OS/c1-11(2)18(9-14-6-5-7-20-14)10-16(19)15-8-12(3)17-13(15)4/h5-8,11,17H,9-10H2,1-4H3. The van der Waals surface area contributed by atoms with Crippen molar-refractivity contribution in [3.05, 3.63) is 45.4 Å². The van der Waals surface area contributed by atoms with E-state index in [-0.39, 0.29) is 5.78 Å². The number of thiophene rings is 1. The first kappa shape index (κ1) is 15.0. The molecule has 20 heavy (non-hydrogen) atoms. The van der Waals surface area contributed by atoms with Crippen LogP contribution in [-0.2, 0) is 6.54 Å². The number of nitrogens with one attached hydrogen (secondary N) is 1. The highest BCUT2D eigenvalue weighted by molar-refractivity contribution is 7.09. The van der Waals surface area contributed by atoms with Crippen LogP contribution in [0.5, 0.6) is 0 Å². The monoisotopic (exact) mass is 290 g/mol. The maximum atomic E-state index is 12.5. The van der Waals surface area contributed by atoms with Gasteiger partial charge in [0.05, 0.1) is 6.54 Å². The summed E-state index contributed by atoms with van der Waals surface area (Å²) in [4.78, 5) is 19.2. The molecule has 0 aromatic carbocycles. The molecule has 2 rings (SSSR count). The molecule has 0 aliphatic heterocycles. The Morgan fingerprint density at radius 2 is 2.15 bits per heavy atom. The highest BCUT2D eigenvalue weighted by Gasteiger charge is 2.18. The quantitative estimate of drug-likeness (QED) is 0.822. The summed E-state index contributed by atoms with van der Waals surface area (Å²) in [6.07, 6.45) is 0. The Labute approximate surface area is 124 Å². The molecule has 0 saturated carbocycles. The van der Waals surface area contributed by atoms with E-state index in [0.717, 1.165) is 23.5 Å². The predicted octanol–water partition coefficient (Wildman–Crippen LogP) is 3.79. The molecule has 0 atom stereocenters. The third kappa shape index (κ3) is 3.58. The first-order chi connectivity index (χ1) is 9.47. The SMILES string of the molecule is Cc1cc(C(=O)CN(Cc2cccs2)C(C)C)c(C)[nH]1. The van der Waals surface area contributed by atoms with E-state index in [0.29, 0.717) is 12.6 Å². The van der Waals surface area contributed by atoms with Crippen molar-refractivity contribution in [1.82, 2.24) is 9.88 Å². The Morgan fingerprint density at radius 1 is 1.40 bits per heavy atom. The normalized spacial score (nSPS) is 11.5. The molecule has 2 aromatic heterocycles. The molecule has 4 heteroatoms. The lowest BCUT2D eigenvalue weighted by Gasteiger charge is -2.25. The van der Waals surface area contributed by atoms with E-state index in [2.05, 4.69) is 41.2 Å². The minimum atomic E-state index is 0.192. The van der Waals surface area contributed by atoms with Crippen molar-refractivity contribution in [2.75, 3.05) is 6.54 Å². The topological polar surface area (TPSA) is 36.1 Å². The highest BCUT2D eigenvalue weighted by atomic mass is 32.1. The van der Waals surface area contributed by atoms with Gasteiger partial charge in [-0.25, -0.2) is 0 Å². The van der Waals surface area contributed by atoms with Crippen LogP contribution in [0.15, 0.2) is 23.6 Å². The number of Topliss-reactive ketones (excluding diaryl/α,β-unsaturated/α-hetero) is 1. The second kappa shape index (κ2) is 6.37. The van der Waals surface area contributed by atoms with Gasteiger partial charge in [-0.05, 0) is 45.2 Å². The third-order valence-corrected chi connectivity index (χ3v) is 4.33. The van der Waals surface area contributed by atoms with Gasteiger partial charge in [0.2, 0.25) is 0 Å². The van der Waals surface area contributed by atoms with Gasteiger partial charge in [-0.2, -0.15) is 0 Å². The molecule has 3 nitrogen and oxygen atoms in total. The number of carbonyl (C=O) groups excluding carboxylic acids is 1. The first-order valence-electron chi connectivity index (χ1n) is 6.93. The fourth-order valence-electron chi connectivity index (χ4n) is 2.31. The molecule has 2 aromatic rings. The molecule has 0 spiro atoms. The number of rotatable bonds is 6. The van der Waals surface area contributed by atoms with Crippen molar-refractivity contribution < 1.29 is 4.79 Å². The van der Waals surface area contributed by atoms with Crippen molar-refractivity contribution in [1.29, 1.82) is 0 Å². The molecule has 0 aliphatic carbocycles. The maximum absolute atomic E-state index is 12.5. The average Bonchev–Trinajstić information content (AvgIpc) is 2.97. The molecule has 0 saturated heterocycles. The molecule has 0 fully saturated rings. The summed E-state index contributed by atoms with van der Waals surface area (Å²) in [5, 5.41) is 2.08. The molecule has 0 radical (unpaired) electrons. The minimum absolute atomic E-state index is 0.192.